The van der Waals surface area contributed by atoms with Crippen molar-refractivity contribution in [3.63, 3.8) is 0 Å². The summed E-state index contributed by atoms with van der Waals surface area (Å²) in [6.07, 6.45) is 0. The highest BCUT2D eigenvalue weighted by atomic mass is 28.3. The summed E-state index contributed by atoms with van der Waals surface area (Å²) in [5.41, 5.74) is 0. The molecule has 0 bridgehead atoms. The minimum Gasteiger partial charge on any atom is -0.207 e. The third kappa shape index (κ3) is 1.90. The Kier molecular flexibility index (Phi) is 3.87. The lowest BCUT2D eigenvalue weighted by Crippen LogP contribution is -2.47. The Hall–Kier alpha value is -0.633. The van der Waals surface area contributed by atoms with Crippen LogP contribution in [0.2, 0.25) is 18.1 Å². The maximum Gasteiger partial charge on any atom is 0.122 e. The molecule has 0 heterocycles. The van der Waals surface area contributed by atoms with E-state index in [1.165, 1.54) is 0 Å². The Morgan fingerprint density at radius 3 is 1.93 bits per heavy atom. The maximum absolute atomic E-state index is 13.7. The van der Waals surface area contributed by atoms with Crippen molar-refractivity contribution in [1.29, 1.82) is 0 Å². The van der Waals surface area contributed by atoms with Crippen molar-refractivity contribution >= 4 is 13.3 Å². The Morgan fingerprint density at radius 1 is 1.00 bits per heavy atom. The lowest BCUT2D eigenvalue weighted by molar-refractivity contribution is 0.634. The summed E-state index contributed by atoms with van der Waals surface area (Å²) < 4.78 is 13.7. The molecule has 78 valence electrons. The molecule has 0 aromatic heterocycles. The Morgan fingerprint density at radius 2 is 1.50 bits per heavy atom. The van der Waals surface area contributed by atoms with Gasteiger partial charge in [0.2, 0.25) is 0 Å². The molecule has 0 aliphatic heterocycles. The molecule has 2 heteroatoms. The highest BCUT2D eigenvalue weighted by Gasteiger charge is 2.31. The van der Waals surface area contributed by atoms with Crippen molar-refractivity contribution in [2.75, 3.05) is 0 Å². The van der Waals surface area contributed by atoms with E-state index >= 15 is 0 Å². The third-order valence-corrected chi connectivity index (χ3v) is 9.08. The minimum atomic E-state index is -1.51. The van der Waals surface area contributed by atoms with E-state index in [-0.39, 0.29) is 5.82 Å². The summed E-state index contributed by atoms with van der Waals surface area (Å²) in [7, 11) is -1.51. The van der Waals surface area contributed by atoms with Gasteiger partial charge in [-0.05, 0) is 11.3 Å². The third-order valence-electron chi connectivity index (χ3n) is 3.48. The van der Waals surface area contributed by atoms with Crippen molar-refractivity contribution in [3.05, 3.63) is 30.1 Å². The van der Waals surface area contributed by atoms with Crippen LogP contribution in [0.3, 0.4) is 0 Å². The first-order valence-corrected chi connectivity index (χ1v) is 8.07. The molecule has 1 aromatic rings. The monoisotopic (exact) mass is 210 g/mol. The molecule has 0 fully saturated rings. The topological polar surface area (TPSA) is 0 Å². The van der Waals surface area contributed by atoms with Gasteiger partial charge in [-0.15, -0.1) is 0 Å². The van der Waals surface area contributed by atoms with E-state index < -0.39 is 8.07 Å². The molecule has 1 rings (SSSR count). The quantitative estimate of drug-likeness (QED) is 0.667. The first-order valence-electron chi connectivity index (χ1n) is 5.45. The molecule has 0 nitrogen and oxygen atoms in total. The molecule has 1 aromatic carbocycles. The molecule has 0 aliphatic rings. The number of hydrogen-bond acceptors (Lipinski definition) is 0. The van der Waals surface area contributed by atoms with Crippen LogP contribution in [0.4, 0.5) is 4.39 Å². The fourth-order valence-corrected chi connectivity index (χ4v) is 5.90. The zero-order chi connectivity index (χ0) is 10.6. The van der Waals surface area contributed by atoms with E-state index in [1.807, 2.05) is 12.1 Å². The first-order chi connectivity index (χ1) is 6.70. The van der Waals surface area contributed by atoms with Crippen molar-refractivity contribution < 1.29 is 4.39 Å². The molecule has 0 aliphatic carbocycles. The van der Waals surface area contributed by atoms with Crippen LogP contribution in [0.25, 0.3) is 0 Å². The van der Waals surface area contributed by atoms with Crippen molar-refractivity contribution in [2.45, 2.75) is 38.9 Å². The van der Waals surface area contributed by atoms with Gasteiger partial charge in [0.05, 0.1) is 8.07 Å². The van der Waals surface area contributed by atoms with Crippen LogP contribution >= 0.6 is 0 Å². The van der Waals surface area contributed by atoms with Crippen LogP contribution in [-0.2, 0) is 0 Å². The molecular formula is C12H19FSi. The van der Waals surface area contributed by atoms with Gasteiger partial charge in [-0.25, -0.2) is 4.39 Å². The van der Waals surface area contributed by atoms with E-state index in [4.69, 9.17) is 0 Å². The lowest BCUT2D eigenvalue weighted by atomic mass is 10.3. The van der Waals surface area contributed by atoms with E-state index in [2.05, 4.69) is 20.8 Å². The van der Waals surface area contributed by atoms with E-state index in [0.29, 0.717) is 0 Å². The van der Waals surface area contributed by atoms with Gasteiger partial charge in [-0.3, -0.25) is 0 Å². The highest BCUT2D eigenvalue weighted by molar-refractivity contribution is 6.91. The number of rotatable bonds is 4. The first kappa shape index (κ1) is 11.4. The van der Waals surface area contributed by atoms with Gasteiger partial charge in [0.15, 0.2) is 0 Å². The molecule has 0 atom stereocenters. The largest absolute Gasteiger partial charge is 0.207 e. The average Bonchev–Trinajstić information content (AvgIpc) is 2.24. The van der Waals surface area contributed by atoms with Gasteiger partial charge in [0.25, 0.3) is 0 Å². The molecule has 14 heavy (non-hydrogen) atoms. The second-order valence-corrected chi connectivity index (χ2v) is 9.04. The second-order valence-electron chi connectivity index (χ2n) is 3.82. The second kappa shape index (κ2) is 4.74. The molecule has 0 spiro atoms. The summed E-state index contributed by atoms with van der Waals surface area (Å²) in [4.78, 5) is 0. The predicted molar refractivity (Wildman–Crippen MR) is 63.2 cm³/mol. The fraction of sp³-hybridized carbons (Fsp3) is 0.500. The normalized spacial score (nSPS) is 11.7. The Balaban J connectivity index is 3.17. The van der Waals surface area contributed by atoms with Crippen molar-refractivity contribution in [3.8, 4) is 0 Å². The molecule has 0 amide bonds. The van der Waals surface area contributed by atoms with Gasteiger partial charge in [-0.1, -0.05) is 57.1 Å². The van der Waals surface area contributed by atoms with Gasteiger partial charge in [-0.2, -0.15) is 0 Å². The van der Waals surface area contributed by atoms with Gasteiger partial charge in [0.1, 0.15) is 5.82 Å². The van der Waals surface area contributed by atoms with Crippen LogP contribution in [0.15, 0.2) is 24.3 Å². The average molecular weight is 210 g/mol. The summed E-state index contributed by atoms with van der Waals surface area (Å²) in [6.45, 7) is 6.60. The lowest BCUT2D eigenvalue weighted by Gasteiger charge is -2.28. The van der Waals surface area contributed by atoms with E-state index in [1.54, 1.807) is 12.1 Å². The zero-order valence-electron chi connectivity index (χ0n) is 9.31. The molecule has 0 saturated heterocycles. The van der Waals surface area contributed by atoms with E-state index in [9.17, 15) is 4.39 Å². The Labute approximate surface area is 87.2 Å². The standard InChI is InChI=1S/C12H19FSi/c1-4-14(5-2,6-3)12-10-8-7-9-11(12)13/h7-10H,4-6H2,1-3H3. The summed E-state index contributed by atoms with van der Waals surface area (Å²) in [5, 5.41) is 1.02. The van der Waals surface area contributed by atoms with Crippen LogP contribution < -0.4 is 5.19 Å². The van der Waals surface area contributed by atoms with E-state index in [0.717, 1.165) is 23.3 Å². The highest BCUT2D eigenvalue weighted by Crippen LogP contribution is 2.21. The molecule has 0 radical (unpaired) electrons. The summed E-state index contributed by atoms with van der Waals surface area (Å²) in [6, 6.07) is 10.7. The fourth-order valence-electron chi connectivity index (χ4n) is 2.21. The molecule has 0 saturated carbocycles. The smallest absolute Gasteiger partial charge is 0.122 e. The van der Waals surface area contributed by atoms with Gasteiger partial charge >= 0.3 is 0 Å². The summed E-state index contributed by atoms with van der Waals surface area (Å²) in [5.74, 6) is 0.00437. The minimum absolute atomic E-state index is 0.00437. The van der Waals surface area contributed by atoms with Gasteiger partial charge < -0.3 is 0 Å². The van der Waals surface area contributed by atoms with Crippen LogP contribution in [0.5, 0.6) is 0 Å². The maximum atomic E-state index is 13.7. The predicted octanol–water partition coefficient (Wildman–Crippen LogP) is 3.54. The Bertz CT molecular complexity index is 284. The zero-order valence-corrected chi connectivity index (χ0v) is 10.3. The molecule has 0 N–H and O–H groups in total. The molecular weight excluding hydrogens is 191 g/mol. The summed E-state index contributed by atoms with van der Waals surface area (Å²) >= 11 is 0. The van der Waals surface area contributed by atoms with Crippen LogP contribution in [0, 0.1) is 5.82 Å². The molecule has 0 unspecified atom stereocenters. The number of hydrogen-bond donors (Lipinski definition) is 0. The van der Waals surface area contributed by atoms with Gasteiger partial charge in [0, 0.05) is 0 Å². The SMILES string of the molecule is CC[Si](CC)(CC)c1ccccc1F. The van der Waals surface area contributed by atoms with Crippen molar-refractivity contribution in [2.24, 2.45) is 0 Å². The van der Waals surface area contributed by atoms with Crippen molar-refractivity contribution in [1.82, 2.24) is 0 Å². The number of benzene rings is 1. The number of halogens is 1. The van der Waals surface area contributed by atoms with Crippen LogP contribution in [0.1, 0.15) is 20.8 Å². The van der Waals surface area contributed by atoms with Crippen LogP contribution in [-0.4, -0.2) is 8.07 Å².